The van der Waals surface area contributed by atoms with Crippen LogP contribution in [-0.2, 0) is 37.6 Å². The van der Waals surface area contributed by atoms with Gasteiger partial charge < -0.3 is 24.8 Å². The first-order valence-electron chi connectivity index (χ1n) is 14.4. The molecule has 0 unspecified atom stereocenters. The average molecular weight is 647 g/mol. The predicted molar refractivity (Wildman–Crippen MR) is 159 cm³/mol. The van der Waals surface area contributed by atoms with Crippen LogP contribution in [0.4, 0.5) is 0 Å². The van der Waals surface area contributed by atoms with E-state index >= 15 is 0 Å². The maximum Gasteiger partial charge on any atom is -1.00 e. The van der Waals surface area contributed by atoms with Crippen LogP contribution in [0.15, 0.2) is 51.8 Å². The van der Waals surface area contributed by atoms with Crippen LogP contribution in [0.5, 0.6) is 0 Å². The van der Waals surface area contributed by atoms with Gasteiger partial charge in [-0.05, 0) is 0 Å². The van der Waals surface area contributed by atoms with Crippen LogP contribution in [0.3, 0.4) is 0 Å². The fourth-order valence-corrected chi connectivity index (χ4v) is 28.1. The minimum Gasteiger partial charge on any atom is -1.00 e. The van der Waals surface area contributed by atoms with Crippen molar-refractivity contribution in [3.8, 4) is 11.1 Å². The Morgan fingerprint density at radius 2 is 1.39 bits per heavy atom. The van der Waals surface area contributed by atoms with Gasteiger partial charge in [0.25, 0.3) is 0 Å². The van der Waals surface area contributed by atoms with Gasteiger partial charge >= 0.3 is 231 Å². The quantitative estimate of drug-likeness (QED) is 0.329. The van der Waals surface area contributed by atoms with Gasteiger partial charge in [0.05, 0.1) is 0 Å². The van der Waals surface area contributed by atoms with Gasteiger partial charge in [-0.15, -0.1) is 0 Å². The van der Waals surface area contributed by atoms with E-state index < -0.39 is 20.4 Å². The summed E-state index contributed by atoms with van der Waals surface area (Å²) >= 11 is -2.03. The number of rotatable bonds is 8. The van der Waals surface area contributed by atoms with Gasteiger partial charge in [0, 0.05) is 0 Å². The second kappa shape index (κ2) is 14.0. The summed E-state index contributed by atoms with van der Waals surface area (Å²) in [6, 6.07) is 15.8. The summed E-state index contributed by atoms with van der Waals surface area (Å²) in [4.78, 5) is 0. The predicted octanol–water partition coefficient (Wildman–Crippen LogP) is 3.54. The van der Waals surface area contributed by atoms with E-state index in [4.69, 9.17) is 0 Å². The number of allylic oxidation sites excluding steroid dienone is 4. The van der Waals surface area contributed by atoms with Crippen LogP contribution in [0.25, 0.3) is 11.1 Å². The minimum atomic E-state index is -2.03. The Labute approximate surface area is 254 Å². The smallest absolute Gasteiger partial charge is 1.00 e. The number of benzene rings is 2. The van der Waals surface area contributed by atoms with Crippen molar-refractivity contribution in [2.45, 2.75) is 117 Å². The molecule has 0 aliphatic heterocycles. The Morgan fingerprint density at radius 1 is 0.789 bits per heavy atom. The third-order valence-corrected chi connectivity index (χ3v) is 28.1. The van der Waals surface area contributed by atoms with Gasteiger partial charge in [0.1, 0.15) is 0 Å². The first-order valence-corrected chi connectivity index (χ1v) is 22.5. The minimum absolute atomic E-state index is 0. The standard InChI is InChI=1S/C21H25.C8H18Si.C5H5.2ClH.Zr/c1-20(2,3)16-9-7-14-11-15-8-10-17(21(4,5)6)13-19(15)18(14)12-16;1-3-5-7-9-8-6-4-2;1-2-4-5-3-1;;;/h7,9-10,12-13H,11H2,1-6H3;3-8H2,1-2H3;1-3H,4H2;2*1H;/q;;;;;+2/p-2. The monoisotopic (exact) mass is 644 g/mol. The molecule has 206 valence electrons. The molecule has 2 aromatic rings. The van der Waals surface area contributed by atoms with Crippen molar-refractivity contribution in [2.75, 3.05) is 0 Å². The molecule has 0 bridgehead atoms. The topological polar surface area (TPSA) is 0 Å². The molecule has 0 amide bonds. The molecule has 38 heavy (non-hydrogen) atoms. The zero-order valence-corrected chi connectivity index (χ0v) is 30.0. The third kappa shape index (κ3) is 7.46. The summed E-state index contributed by atoms with van der Waals surface area (Å²) in [7, 11) is 0. The molecule has 4 heteroatoms. The summed E-state index contributed by atoms with van der Waals surface area (Å²) in [5.74, 6) is 0. The summed E-state index contributed by atoms with van der Waals surface area (Å²) < 4.78 is 3.77. The molecular weight excluding hydrogens is 599 g/mol. The molecule has 0 fully saturated rings. The molecule has 0 spiro atoms. The molecule has 0 aromatic heterocycles. The average Bonchev–Trinajstić information content (AvgIpc) is 3.47. The molecule has 0 heterocycles. The third-order valence-electron chi connectivity index (χ3n) is 8.13. The van der Waals surface area contributed by atoms with E-state index in [1.165, 1.54) is 55.3 Å². The van der Waals surface area contributed by atoms with Crippen LogP contribution in [0.2, 0.25) is 12.1 Å². The number of hydrogen-bond acceptors (Lipinski definition) is 0. The molecule has 2 aliphatic carbocycles. The molecule has 0 radical (unpaired) electrons. The van der Waals surface area contributed by atoms with Crippen LogP contribution in [0, 0.1) is 0 Å². The van der Waals surface area contributed by atoms with Crippen molar-refractivity contribution in [3.05, 3.63) is 74.1 Å². The van der Waals surface area contributed by atoms with E-state index in [2.05, 4.69) is 104 Å². The van der Waals surface area contributed by atoms with E-state index in [0.29, 0.717) is 0 Å². The van der Waals surface area contributed by atoms with Gasteiger partial charge in [0.2, 0.25) is 0 Å². The fourth-order valence-electron chi connectivity index (χ4n) is 5.78. The molecule has 0 N–H and O–H groups in total. The Bertz CT molecular complexity index is 1210. The molecule has 0 saturated carbocycles. The SMILES string of the molecule is CCCC[Si](CCCC)=[Zr+2]([C]1=CC=CC1)[c]1cc(C(C)(C)C)cc2c1Cc1ccc(C(C)(C)C)cc1-2.[Cl-].[Cl-]. The Kier molecular flexibility index (Phi) is 12.4. The van der Waals surface area contributed by atoms with E-state index in [1.807, 2.05) is 6.55 Å². The van der Waals surface area contributed by atoms with Crippen molar-refractivity contribution in [3.63, 3.8) is 0 Å². The fraction of sp³-hybridized carbons (Fsp3) is 0.529. The van der Waals surface area contributed by atoms with Crippen molar-refractivity contribution in [1.29, 1.82) is 0 Å². The van der Waals surface area contributed by atoms with Crippen molar-refractivity contribution < 1.29 is 45.2 Å². The normalized spacial score (nSPS) is 13.6. The van der Waals surface area contributed by atoms with E-state index in [-0.39, 0.29) is 41.1 Å². The second-order valence-corrected chi connectivity index (χ2v) is 28.2. The summed E-state index contributed by atoms with van der Waals surface area (Å²) in [6.07, 6.45) is 15.3. The summed E-state index contributed by atoms with van der Waals surface area (Å²) in [5.41, 5.74) is 9.41. The molecule has 2 aromatic carbocycles. The Hall–Kier alpha value is -0.400. The largest absolute Gasteiger partial charge is 1.00 e. The van der Waals surface area contributed by atoms with Crippen LogP contribution >= 0.6 is 0 Å². The van der Waals surface area contributed by atoms with Crippen molar-refractivity contribution >= 4 is 8.70 Å². The van der Waals surface area contributed by atoms with Crippen molar-refractivity contribution in [1.82, 2.24) is 0 Å². The number of unbranched alkanes of at least 4 members (excludes halogenated alkanes) is 2. The van der Waals surface area contributed by atoms with Gasteiger partial charge in [-0.25, -0.2) is 0 Å². The maximum absolute atomic E-state index is 2.74. The molecular formula is C34H48Cl2SiZr. The van der Waals surface area contributed by atoms with E-state index in [9.17, 15) is 0 Å². The molecule has 0 atom stereocenters. The molecule has 0 saturated heterocycles. The van der Waals surface area contributed by atoms with E-state index in [1.54, 1.807) is 22.3 Å². The zero-order valence-electron chi connectivity index (χ0n) is 25.0. The van der Waals surface area contributed by atoms with Gasteiger partial charge in [-0.1, -0.05) is 0 Å². The van der Waals surface area contributed by atoms with Crippen molar-refractivity contribution in [2.24, 2.45) is 0 Å². The molecule has 0 nitrogen and oxygen atoms in total. The molecule has 4 rings (SSSR count). The Balaban J connectivity index is 0.00000253. The molecule has 2 aliphatic rings. The van der Waals surface area contributed by atoms with Gasteiger partial charge in [-0.3, -0.25) is 0 Å². The number of hydrogen-bond donors (Lipinski definition) is 0. The summed E-state index contributed by atoms with van der Waals surface area (Å²) in [6.45, 7) is 19.1. The van der Waals surface area contributed by atoms with Crippen LogP contribution < -0.4 is 28.1 Å². The number of fused-ring (bicyclic) bond motifs is 3. The number of halogens is 2. The van der Waals surface area contributed by atoms with Crippen LogP contribution in [0.1, 0.15) is 110 Å². The Morgan fingerprint density at radius 3 is 1.92 bits per heavy atom. The van der Waals surface area contributed by atoms with Gasteiger partial charge in [0.15, 0.2) is 0 Å². The summed E-state index contributed by atoms with van der Waals surface area (Å²) in [5, 5.41) is 0. The first-order chi connectivity index (χ1) is 17.0. The second-order valence-electron chi connectivity index (χ2n) is 13.1. The van der Waals surface area contributed by atoms with Gasteiger partial charge in [-0.2, -0.15) is 0 Å². The zero-order chi connectivity index (χ0) is 26.1. The van der Waals surface area contributed by atoms with Crippen LogP contribution in [-0.4, -0.2) is 5.43 Å². The first kappa shape index (κ1) is 33.8. The van der Waals surface area contributed by atoms with E-state index in [0.717, 1.165) is 6.42 Å². The maximum atomic E-state index is 2.74.